The SMILES string of the molecule is CC(C)COc1ccc(S(=O)(=O)Nc2ccc3cn[nH]c3c2)cc1. The first kappa shape index (κ1) is 16.3. The molecule has 0 unspecified atom stereocenters. The highest BCUT2D eigenvalue weighted by atomic mass is 32.2. The van der Waals surface area contributed by atoms with Gasteiger partial charge in [-0.1, -0.05) is 13.8 Å². The molecule has 6 nitrogen and oxygen atoms in total. The average Bonchev–Trinajstić information content (AvgIpc) is 3.00. The summed E-state index contributed by atoms with van der Waals surface area (Å²) in [5.74, 6) is 1.06. The number of sulfonamides is 1. The van der Waals surface area contributed by atoms with E-state index in [1.165, 1.54) is 12.1 Å². The zero-order chi connectivity index (χ0) is 17.2. The van der Waals surface area contributed by atoms with E-state index in [4.69, 9.17) is 4.74 Å². The molecule has 0 atom stereocenters. The van der Waals surface area contributed by atoms with Gasteiger partial charge < -0.3 is 4.74 Å². The predicted octanol–water partition coefficient (Wildman–Crippen LogP) is 3.40. The molecule has 7 heteroatoms. The summed E-state index contributed by atoms with van der Waals surface area (Å²) < 4.78 is 33.1. The molecular weight excluding hydrogens is 326 g/mol. The minimum atomic E-state index is -3.65. The smallest absolute Gasteiger partial charge is 0.261 e. The van der Waals surface area contributed by atoms with E-state index >= 15 is 0 Å². The Morgan fingerprint density at radius 3 is 2.62 bits per heavy atom. The summed E-state index contributed by atoms with van der Waals surface area (Å²) in [4.78, 5) is 0.184. The Morgan fingerprint density at radius 2 is 1.92 bits per heavy atom. The van der Waals surface area contributed by atoms with Gasteiger partial charge in [-0.2, -0.15) is 5.10 Å². The molecule has 0 spiro atoms. The summed E-state index contributed by atoms with van der Waals surface area (Å²) in [6.07, 6.45) is 1.68. The molecule has 2 aromatic carbocycles. The Labute approximate surface area is 140 Å². The summed E-state index contributed by atoms with van der Waals surface area (Å²) in [5, 5.41) is 7.66. The van der Waals surface area contributed by atoms with Crippen LogP contribution in [-0.4, -0.2) is 25.2 Å². The number of H-pyrrole nitrogens is 1. The highest BCUT2D eigenvalue weighted by molar-refractivity contribution is 7.92. The van der Waals surface area contributed by atoms with E-state index < -0.39 is 10.0 Å². The van der Waals surface area contributed by atoms with Crippen molar-refractivity contribution in [3.8, 4) is 5.75 Å². The van der Waals surface area contributed by atoms with E-state index in [-0.39, 0.29) is 4.90 Å². The summed E-state index contributed by atoms with van der Waals surface area (Å²) >= 11 is 0. The molecule has 3 rings (SSSR count). The third kappa shape index (κ3) is 3.68. The van der Waals surface area contributed by atoms with E-state index in [1.807, 2.05) is 0 Å². The molecule has 0 amide bonds. The predicted molar refractivity (Wildman–Crippen MR) is 93.7 cm³/mol. The largest absolute Gasteiger partial charge is 0.493 e. The maximum absolute atomic E-state index is 12.5. The second kappa shape index (κ2) is 6.52. The maximum Gasteiger partial charge on any atom is 0.261 e. The van der Waals surface area contributed by atoms with Crippen LogP contribution in [0.2, 0.25) is 0 Å². The normalized spacial score (nSPS) is 11.8. The topological polar surface area (TPSA) is 84.1 Å². The number of ether oxygens (including phenoxy) is 1. The Bertz CT molecular complexity index is 931. The van der Waals surface area contributed by atoms with Crippen LogP contribution in [-0.2, 0) is 10.0 Å². The number of rotatable bonds is 6. The molecule has 0 aliphatic rings. The molecule has 1 heterocycles. The third-order valence-corrected chi connectivity index (χ3v) is 4.81. The number of anilines is 1. The lowest BCUT2D eigenvalue weighted by Crippen LogP contribution is -2.13. The van der Waals surface area contributed by atoms with Crippen molar-refractivity contribution in [2.24, 2.45) is 5.92 Å². The molecule has 0 bridgehead atoms. The summed E-state index contributed by atoms with van der Waals surface area (Å²) in [6.45, 7) is 4.70. The monoisotopic (exact) mass is 345 g/mol. The Kier molecular flexibility index (Phi) is 4.44. The highest BCUT2D eigenvalue weighted by Crippen LogP contribution is 2.22. The molecule has 126 valence electrons. The van der Waals surface area contributed by atoms with Gasteiger partial charge in [-0.3, -0.25) is 9.82 Å². The Morgan fingerprint density at radius 1 is 1.17 bits per heavy atom. The molecular formula is C17H19N3O3S. The number of nitrogens with one attached hydrogen (secondary N) is 2. The molecule has 24 heavy (non-hydrogen) atoms. The molecule has 0 saturated carbocycles. The zero-order valence-corrected chi connectivity index (χ0v) is 14.3. The molecule has 0 aliphatic carbocycles. The lowest BCUT2D eigenvalue weighted by molar-refractivity contribution is 0.271. The first-order valence-electron chi connectivity index (χ1n) is 7.63. The van der Waals surface area contributed by atoms with E-state index in [0.29, 0.717) is 24.0 Å². The minimum Gasteiger partial charge on any atom is -0.493 e. The third-order valence-electron chi connectivity index (χ3n) is 3.41. The number of benzene rings is 2. The van der Waals surface area contributed by atoms with Crippen LogP contribution in [0.1, 0.15) is 13.8 Å². The van der Waals surface area contributed by atoms with Gasteiger partial charge in [-0.05, 0) is 48.4 Å². The fraction of sp³-hybridized carbons (Fsp3) is 0.235. The van der Waals surface area contributed by atoms with Gasteiger partial charge >= 0.3 is 0 Å². The summed E-state index contributed by atoms with van der Waals surface area (Å²) in [7, 11) is -3.65. The first-order valence-corrected chi connectivity index (χ1v) is 9.11. The molecule has 0 fully saturated rings. The van der Waals surface area contributed by atoms with Crippen molar-refractivity contribution < 1.29 is 13.2 Å². The van der Waals surface area contributed by atoms with Gasteiger partial charge in [0.25, 0.3) is 10.0 Å². The fourth-order valence-corrected chi connectivity index (χ4v) is 3.24. The van der Waals surface area contributed by atoms with Gasteiger partial charge in [0.1, 0.15) is 5.75 Å². The van der Waals surface area contributed by atoms with Gasteiger partial charge in [0.15, 0.2) is 0 Å². The number of nitrogens with zero attached hydrogens (tertiary/aromatic N) is 1. The van der Waals surface area contributed by atoms with Gasteiger partial charge in [0.2, 0.25) is 0 Å². The number of hydrogen-bond acceptors (Lipinski definition) is 4. The van der Waals surface area contributed by atoms with E-state index in [1.54, 1.807) is 36.5 Å². The second-order valence-electron chi connectivity index (χ2n) is 5.95. The van der Waals surface area contributed by atoms with Crippen molar-refractivity contribution in [1.29, 1.82) is 0 Å². The van der Waals surface area contributed by atoms with Crippen molar-refractivity contribution in [3.05, 3.63) is 48.7 Å². The maximum atomic E-state index is 12.5. The molecule has 1 aromatic heterocycles. The quantitative estimate of drug-likeness (QED) is 0.717. The van der Waals surface area contributed by atoms with Gasteiger partial charge in [-0.25, -0.2) is 8.42 Å². The first-order chi connectivity index (χ1) is 11.4. The van der Waals surface area contributed by atoms with Crippen molar-refractivity contribution in [2.75, 3.05) is 11.3 Å². The van der Waals surface area contributed by atoms with Gasteiger partial charge in [0.05, 0.1) is 28.9 Å². The van der Waals surface area contributed by atoms with E-state index in [0.717, 1.165) is 10.9 Å². The van der Waals surface area contributed by atoms with Crippen LogP contribution in [0.15, 0.2) is 53.6 Å². The number of fused-ring (bicyclic) bond motifs is 1. The fourth-order valence-electron chi connectivity index (χ4n) is 2.19. The molecule has 0 aliphatic heterocycles. The lowest BCUT2D eigenvalue weighted by Gasteiger charge is -2.11. The van der Waals surface area contributed by atoms with Crippen molar-refractivity contribution >= 4 is 26.6 Å². The van der Waals surface area contributed by atoms with Crippen LogP contribution >= 0.6 is 0 Å². The van der Waals surface area contributed by atoms with Crippen molar-refractivity contribution in [3.63, 3.8) is 0 Å². The average molecular weight is 345 g/mol. The summed E-state index contributed by atoms with van der Waals surface area (Å²) in [5.41, 5.74) is 1.25. The number of hydrogen-bond donors (Lipinski definition) is 2. The van der Waals surface area contributed by atoms with Gasteiger partial charge in [-0.15, -0.1) is 0 Å². The van der Waals surface area contributed by atoms with Crippen LogP contribution in [0.25, 0.3) is 10.9 Å². The standard InChI is InChI=1S/C17H19N3O3S/c1-12(2)11-23-15-5-7-16(8-6-15)24(21,22)20-14-4-3-13-10-18-19-17(13)9-14/h3-10,12,20H,11H2,1-2H3,(H,18,19). The Hall–Kier alpha value is -2.54. The van der Waals surface area contributed by atoms with Crippen LogP contribution in [0.5, 0.6) is 5.75 Å². The minimum absolute atomic E-state index is 0.184. The molecule has 0 radical (unpaired) electrons. The molecule has 2 N–H and O–H groups in total. The van der Waals surface area contributed by atoms with Crippen LogP contribution < -0.4 is 9.46 Å². The number of aromatic amines is 1. The summed E-state index contributed by atoms with van der Waals surface area (Å²) in [6, 6.07) is 11.6. The second-order valence-corrected chi connectivity index (χ2v) is 7.64. The molecule has 3 aromatic rings. The van der Waals surface area contributed by atoms with E-state index in [2.05, 4.69) is 28.8 Å². The highest BCUT2D eigenvalue weighted by Gasteiger charge is 2.14. The van der Waals surface area contributed by atoms with Crippen LogP contribution in [0, 0.1) is 5.92 Å². The van der Waals surface area contributed by atoms with Crippen molar-refractivity contribution in [2.45, 2.75) is 18.7 Å². The molecule has 0 saturated heterocycles. The lowest BCUT2D eigenvalue weighted by atomic mass is 10.2. The van der Waals surface area contributed by atoms with E-state index in [9.17, 15) is 8.42 Å². The van der Waals surface area contributed by atoms with Crippen LogP contribution in [0.3, 0.4) is 0 Å². The van der Waals surface area contributed by atoms with Crippen molar-refractivity contribution in [1.82, 2.24) is 10.2 Å². The van der Waals surface area contributed by atoms with Gasteiger partial charge in [0, 0.05) is 5.39 Å². The Balaban J connectivity index is 1.76. The number of aromatic nitrogens is 2. The zero-order valence-electron chi connectivity index (χ0n) is 13.5. The van der Waals surface area contributed by atoms with Crippen LogP contribution in [0.4, 0.5) is 5.69 Å².